The largest absolute Gasteiger partial charge is 0.464 e. The third kappa shape index (κ3) is 5.30. The van der Waals surface area contributed by atoms with Gasteiger partial charge in [-0.2, -0.15) is 30.9 Å². The second-order valence-corrected chi connectivity index (χ2v) is 5.52. The molecule has 1 aromatic rings. The highest BCUT2D eigenvalue weighted by Crippen LogP contribution is 2.35. The van der Waals surface area contributed by atoms with E-state index in [-0.39, 0.29) is 31.0 Å². The van der Waals surface area contributed by atoms with Crippen LogP contribution in [0.3, 0.4) is 0 Å². The summed E-state index contributed by atoms with van der Waals surface area (Å²) in [7, 11) is 0. The van der Waals surface area contributed by atoms with Crippen molar-refractivity contribution in [3.8, 4) is 0 Å². The van der Waals surface area contributed by atoms with Crippen LogP contribution >= 0.6 is 24.2 Å². The van der Waals surface area contributed by atoms with Crippen molar-refractivity contribution in [2.45, 2.75) is 39.0 Å². The predicted octanol–water partition coefficient (Wildman–Crippen LogP) is 2.23. The molecule has 0 aliphatic carbocycles. The maximum absolute atomic E-state index is 12.7. The fourth-order valence-electron chi connectivity index (χ4n) is 1.82. The Balaban J connectivity index is 2.69. The van der Waals surface area contributed by atoms with E-state index in [2.05, 4.69) is 23.0 Å². The fraction of sp³-hybridized carbons (Fsp3) is 0.615. The van der Waals surface area contributed by atoms with Crippen LogP contribution in [-0.4, -0.2) is 40.1 Å². The first-order valence-electron chi connectivity index (χ1n) is 6.98. The SMILES string of the molecule is CCOC(=O)[C@H](CS)NC(=O)CCn1nc(C(F)(F)F)c(Cl)c1C. The topological polar surface area (TPSA) is 73.2 Å². The van der Waals surface area contributed by atoms with E-state index in [1.165, 1.54) is 6.92 Å². The monoisotopic (exact) mass is 387 g/mol. The van der Waals surface area contributed by atoms with Crippen molar-refractivity contribution in [3.63, 3.8) is 0 Å². The molecule has 1 N–H and O–H groups in total. The molecule has 1 atom stereocenters. The third-order valence-corrected chi connectivity index (χ3v) is 3.86. The maximum atomic E-state index is 12.7. The van der Waals surface area contributed by atoms with Gasteiger partial charge in [0.25, 0.3) is 0 Å². The number of aromatic nitrogens is 2. The van der Waals surface area contributed by atoms with Gasteiger partial charge in [-0.05, 0) is 13.8 Å². The summed E-state index contributed by atoms with van der Waals surface area (Å²) in [5.41, 5.74) is -1.09. The standard InChI is InChI=1S/C13H17ClF3N3O3S/c1-3-23-12(22)8(6-24)18-9(21)4-5-20-7(2)10(14)11(19-20)13(15,16)17/h8,24H,3-6H2,1-2H3,(H,18,21)/t8-/m0/s1. The van der Waals surface area contributed by atoms with Gasteiger partial charge in [0.15, 0.2) is 5.69 Å². The van der Waals surface area contributed by atoms with Gasteiger partial charge in [-0.1, -0.05) is 11.6 Å². The molecule has 0 aliphatic heterocycles. The number of hydrogen-bond donors (Lipinski definition) is 2. The van der Waals surface area contributed by atoms with E-state index in [0.29, 0.717) is 0 Å². The van der Waals surface area contributed by atoms with E-state index in [0.717, 1.165) is 4.68 Å². The van der Waals surface area contributed by atoms with Gasteiger partial charge < -0.3 is 10.1 Å². The minimum atomic E-state index is -4.67. The average Bonchev–Trinajstić information content (AvgIpc) is 2.78. The predicted molar refractivity (Wildman–Crippen MR) is 84.0 cm³/mol. The highest BCUT2D eigenvalue weighted by Gasteiger charge is 2.38. The molecule has 24 heavy (non-hydrogen) atoms. The lowest BCUT2D eigenvalue weighted by atomic mass is 10.3. The Bertz CT molecular complexity index is 607. The van der Waals surface area contributed by atoms with Crippen LogP contribution in [0.1, 0.15) is 24.7 Å². The summed E-state index contributed by atoms with van der Waals surface area (Å²) in [6, 6.07) is -0.922. The lowest BCUT2D eigenvalue weighted by Gasteiger charge is -2.15. The number of aryl methyl sites for hydroxylation is 1. The molecule has 0 saturated carbocycles. The number of ether oxygens (including phenoxy) is 1. The lowest BCUT2D eigenvalue weighted by Crippen LogP contribution is -2.43. The van der Waals surface area contributed by atoms with Crippen molar-refractivity contribution in [2.75, 3.05) is 12.4 Å². The third-order valence-electron chi connectivity index (χ3n) is 3.04. The highest BCUT2D eigenvalue weighted by atomic mass is 35.5. The molecule has 0 bridgehead atoms. The van der Waals surface area contributed by atoms with E-state index in [4.69, 9.17) is 16.3 Å². The van der Waals surface area contributed by atoms with Gasteiger partial charge in [0.1, 0.15) is 6.04 Å². The van der Waals surface area contributed by atoms with Gasteiger partial charge >= 0.3 is 12.1 Å². The Hall–Kier alpha value is -1.42. The summed E-state index contributed by atoms with van der Waals surface area (Å²) < 4.78 is 43.9. The number of nitrogens with one attached hydrogen (secondary N) is 1. The van der Waals surface area contributed by atoms with Crippen LogP contribution in [-0.2, 0) is 27.0 Å². The minimum Gasteiger partial charge on any atom is -0.464 e. The van der Waals surface area contributed by atoms with E-state index in [1.807, 2.05) is 0 Å². The van der Waals surface area contributed by atoms with Crippen LogP contribution in [0.25, 0.3) is 0 Å². The number of carbonyl (C=O) groups is 2. The summed E-state index contributed by atoms with van der Waals surface area (Å²) in [6.45, 7) is 3.04. The van der Waals surface area contributed by atoms with Crippen molar-refractivity contribution >= 4 is 36.1 Å². The van der Waals surface area contributed by atoms with Gasteiger partial charge in [0.2, 0.25) is 5.91 Å². The second-order valence-electron chi connectivity index (χ2n) is 4.77. The number of hydrogen-bond acceptors (Lipinski definition) is 5. The number of amides is 1. The average molecular weight is 388 g/mol. The Morgan fingerprint density at radius 3 is 2.54 bits per heavy atom. The van der Waals surface area contributed by atoms with Crippen LogP contribution < -0.4 is 5.32 Å². The fourth-order valence-corrected chi connectivity index (χ4v) is 2.30. The lowest BCUT2D eigenvalue weighted by molar-refractivity contribution is -0.146. The molecule has 1 aromatic heterocycles. The molecule has 0 unspecified atom stereocenters. The van der Waals surface area contributed by atoms with Crippen LogP contribution in [0.15, 0.2) is 0 Å². The highest BCUT2D eigenvalue weighted by molar-refractivity contribution is 7.80. The van der Waals surface area contributed by atoms with Gasteiger partial charge in [-0.25, -0.2) is 4.79 Å². The van der Waals surface area contributed by atoms with E-state index < -0.39 is 34.8 Å². The molecule has 1 heterocycles. The van der Waals surface area contributed by atoms with Crippen molar-refractivity contribution < 1.29 is 27.5 Å². The smallest absolute Gasteiger partial charge is 0.436 e. The number of carbonyl (C=O) groups excluding carboxylic acids is 2. The van der Waals surface area contributed by atoms with Crippen LogP contribution in [0.2, 0.25) is 5.02 Å². The second kappa shape index (κ2) is 8.61. The van der Waals surface area contributed by atoms with Crippen LogP contribution in [0, 0.1) is 6.92 Å². The molecule has 0 saturated heterocycles. The van der Waals surface area contributed by atoms with E-state index >= 15 is 0 Å². The molecule has 1 rings (SSSR count). The normalized spacial score (nSPS) is 12.8. The quantitative estimate of drug-likeness (QED) is 0.556. The first-order valence-corrected chi connectivity index (χ1v) is 7.99. The van der Waals surface area contributed by atoms with Crippen LogP contribution in [0.4, 0.5) is 13.2 Å². The van der Waals surface area contributed by atoms with E-state index in [1.54, 1.807) is 6.92 Å². The Morgan fingerprint density at radius 1 is 1.46 bits per heavy atom. The molecule has 0 aliphatic rings. The zero-order valence-electron chi connectivity index (χ0n) is 13.0. The molecule has 1 amide bonds. The van der Waals surface area contributed by atoms with Gasteiger partial charge in [0.05, 0.1) is 23.9 Å². The first kappa shape index (κ1) is 20.6. The molecule has 136 valence electrons. The molecule has 0 aromatic carbocycles. The summed E-state index contributed by atoms with van der Waals surface area (Å²) in [5, 5.41) is 5.30. The summed E-state index contributed by atoms with van der Waals surface area (Å²) in [5.74, 6) is -1.13. The summed E-state index contributed by atoms with van der Waals surface area (Å²) in [6.07, 6.45) is -4.85. The Morgan fingerprint density at radius 2 is 2.08 bits per heavy atom. The molecule has 0 fully saturated rings. The van der Waals surface area contributed by atoms with Crippen molar-refractivity contribution in [2.24, 2.45) is 0 Å². The molecule has 11 heteroatoms. The molecule has 0 spiro atoms. The number of alkyl halides is 3. The Kier molecular flexibility index (Phi) is 7.40. The first-order chi connectivity index (χ1) is 11.1. The summed E-state index contributed by atoms with van der Waals surface area (Å²) >= 11 is 9.57. The molecule has 6 nitrogen and oxygen atoms in total. The maximum Gasteiger partial charge on any atom is 0.436 e. The van der Waals surface area contributed by atoms with Crippen molar-refractivity contribution in [1.82, 2.24) is 15.1 Å². The molecule has 0 radical (unpaired) electrons. The van der Waals surface area contributed by atoms with Crippen molar-refractivity contribution in [1.29, 1.82) is 0 Å². The van der Waals surface area contributed by atoms with E-state index in [9.17, 15) is 22.8 Å². The van der Waals surface area contributed by atoms with Crippen molar-refractivity contribution in [3.05, 3.63) is 16.4 Å². The van der Waals surface area contributed by atoms with Crippen LogP contribution in [0.5, 0.6) is 0 Å². The number of nitrogens with zero attached hydrogens (tertiary/aromatic N) is 2. The van der Waals surface area contributed by atoms with Gasteiger partial charge in [-0.15, -0.1) is 0 Å². The van der Waals surface area contributed by atoms with Gasteiger partial charge in [0, 0.05) is 12.2 Å². The number of halogens is 4. The number of thiol groups is 1. The number of esters is 1. The molecular weight excluding hydrogens is 371 g/mol. The minimum absolute atomic E-state index is 0.0371. The Labute approximate surface area is 147 Å². The zero-order valence-corrected chi connectivity index (χ0v) is 14.6. The van der Waals surface area contributed by atoms with Gasteiger partial charge in [-0.3, -0.25) is 9.48 Å². The molecular formula is C13H17ClF3N3O3S. The summed E-state index contributed by atoms with van der Waals surface area (Å²) in [4.78, 5) is 23.4. The zero-order chi connectivity index (χ0) is 18.5. The number of rotatable bonds is 7.